The molecule has 8 aliphatic rings. The van der Waals surface area contributed by atoms with E-state index in [0.29, 0.717) is 5.56 Å². The molecule has 8 aliphatic carbocycles. The van der Waals surface area contributed by atoms with E-state index in [-0.39, 0.29) is 10.8 Å². The topological polar surface area (TPSA) is 80.3 Å². The first-order chi connectivity index (χ1) is 19.5. The molecule has 0 aliphatic heterocycles. The first kappa shape index (κ1) is 23.6. The molecule has 2 heterocycles. The van der Waals surface area contributed by atoms with Crippen LogP contribution in [-0.2, 0) is 17.9 Å². The Morgan fingerprint density at radius 1 is 0.700 bits per heavy atom. The van der Waals surface area contributed by atoms with Crippen LogP contribution in [-0.4, -0.2) is 24.5 Å². The predicted octanol–water partition coefficient (Wildman–Crippen LogP) is 6.75. The van der Waals surface area contributed by atoms with E-state index in [0.717, 1.165) is 69.9 Å². The van der Waals surface area contributed by atoms with Gasteiger partial charge in [0, 0.05) is 41.4 Å². The molecule has 8 fully saturated rings. The van der Waals surface area contributed by atoms with Gasteiger partial charge in [0.2, 0.25) is 0 Å². The van der Waals surface area contributed by atoms with E-state index in [4.69, 9.17) is 15.0 Å². The van der Waals surface area contributed by atoms with Gasteiger partial charge in [-0.2, -0.15) is 5.26 Å². The number of nitrogens with zero attached hydrogens (tertiary/aromatic N) is 6. The van der Waals surface area contributed by atoms with E-state index in [2.05, 4.69) is 17.1 Å². The molecule has 8 saturated carbocycles. The first-order valence-electron chi connectivity index (χ1n) is 15.8. The van der Waals surface area contributed by atoms with Crippen molar-refractivity contribution in [2.24, 2.45) is 42.6 Å². The average molecular weight is 531 g/mol. The molecule has 2 aromatic heterocycles. The quantitative estimate of drug-likeness (QED) is 0.373. The Morgan fingerprint density at radius 3 is 1.60 bits per heavy atom. The summed E-state index contributed by atoms with van der Waals surface area (Å²) in [6.45, 7) is 0. The molecular weight excluding hydrogens is 492 g/mol. The van der Waals surface area contributed by atoms with Crippen LogP contribution >= 0.6 is 0 Å². The van der Waals surface area contributed by atoms with Crippen LogP contribution in [0.1, 0.15) is 94.3 Å². The minimum atomic E-state index is 0.110. The van der Waals surface area contributed by atoms with Crippen LogP contribution in [0.5, 0.6) is 0 Å². The van der Waals surface area contributed by atoms with Gasteiger partial charge in [0.15, 0.2) is 5.82 Å². The van der Waals surface area contributed by atoms with Crippen LogP contribution < -0.4 is 0 Å². The summed E-state index contributed by atoms with van der Waals surface area (Å²) in [5.74, 6) is 8.84. The van der Waals surface area contributed by atoms with E-state index < -0.39 is 0 Å². The number of rotatable bonds is 4. The molecule has 0 amide bonds. The molecule has 1 aromatic carbocycles. The van der Waals surface area contributed by atoms with Crippen molar-refractivity contribution in [2.75, 3.05) is 0 Å². The van der Waals surface area contributed by atoms with Crippen LogP contribution in [0.4, 0.5) is 0 Å². The van der Waals surface area contributed by atoms with Crippen molar-refractivity contribution in [1.82, 2.24) is 24.5 Å². The van der Waals surface area contributed by atoms with Crippen molar-refractivity contribution in [3.05, 3.63) is 47.8 Å². The number of aryl methyl sites for hydroxylation is 1. The number of benzene rings is 1. The van der Waals surface area contributed by atoms with Gasteiger partial charge < -0.3 is 4.57 Å². The summed E-state index contributed by atoms with van der Waals surface area (Å²) < 4.78 is 2.01. The SMILES string of the molecule is Cn1ccnc1-c1cc(C#N)cc(-c2nc(C34CC5CC(CC(C5)C3)C4)nc(C34CC5CC(CC(C5)C3)C4)n2)c1. The molecule has 40 heavy (non-hydrogen) atoms. The number of hydrogen-bond acceptors (Lipinski definition) is 5. The predicted molar refractivity (Wildman–Crippen MR) is 152 cm³/mol. The van der Waals surface area contributed by atoms with Crippen molar-refractivity contribution in [3.8, 4) is 28.8 Å². The minimum Gasteiger partial charge on any atom is -0.334 e. The third-order valence-electron chi connectivity index (χ3n) is 12.1. The summed E-state index contributed by atoms with van der Waals surface area (Å²) in [4.78, 5) is 20.9. The van der Waals surface area contributed by atoms with Gasteiger partial charge in [-0.15, -0.1) is 0 Å². The molecule has 0 saturated heterocycles. The fourth-order valence-electron chi connectivity index (χ4n) is 11.3. The molecule has 0 N–H and O–H groups in total. The molecule has 0 atom stereocenters. The highest BCUT2D eigenvalue weighted by molar-refractivity contribution is 5.69. The van der Waals surface area contributed by atoms with Crippen LogP contribution in [0, 0.1) is 46.8 Å². The van der Waals surface area contributed by atoms with Crippen molar-refractivity contribution < 1.29 is 0 Å². The third-order valence-corrected chi connectivity index (χ3v) is 12.1. The van der Waals surface area contributed by atoms with Gasteiger partial charge in [0.25, 0.3) is 0 Å². The summed E-state index contributed by atoms with van der Waals surface area (Å²) in [5.41, 5.74) is 2.71. The maximum absolute atomic E-state index is 9.99. The van der Waals surface area contributed by atoms with Gasteiger partial charge >= 0.3 is 0 Å². The van der Waals surface area contributed by atoms with Gasteiger partial charge in [-0.25, -0.2) is 19.9 Å². The summed E-state index contributed by atoms with van der Waals surface area (Å²) in [7, 11) is 2.00. The second kappa shape index (κ2) is 8.24. The molecule has 0 unspecified atom stereocenters. The molecule has 11 rings (SSSR count). The molecule has 6 heteroatoms. The van der Waals surface area contributed by atoms with E-state index in [1.165, 1.54) is 77.0 Å². The Hall–Kier alpha value is -3.07. The zero-order valence-electron chi connectivity index (χ0n) is 23.5. The van der Waals surface area contributed by atoms with Crippen LogP contribution in [0.15, 0.2) is 30.6 Å². The van der Waals surface area contributed by atoms with Crippen molar-refractivity contribution in [3.63, 3.8) is 0 Å². The lowest BCUT2D eigenvalue weighted by molar-refractivity contribution is -0.0155. The zero-order valence-corrected chi connectivity index (χ0v) is 23.5. The smallest absolute Gasteiger partial charge is 0.163 e. The molecule has 0 radical (unpaired) electrons. The van der Waals surface area contributed by atoms with E-state index in [9.17, 15) is 5.26 Å². The fourth-order valence-corrected chi connectivity index (χ4v) is 11.3. The standard InChI is InChI=1S/C34H38N6/c1-40-3-2-36-30(40)28-11-26(19-35)10-27(12-28)29-37-31(33-13-20-4-21(14-33)6-22(5-20)15-33)39-32(38-29)34-16-23-7-24(17-34)9-25(8-23)18-34/h2-3,10-12,20-25H,4-9,13-18H2,1H3. The van der Waals surface area contributed by atoms with E-state index in [1.54, 1.807) is 0 Å². The number of hydrogen-bond donors (Lipinski definition) is 0. The van der Waals surface area contributed by atoms with Gasteiger partial charge in [0.1, 0.15) is 17.5 Å². The van der Waals surface area contributed by atoms with E-state index in [1.807, 2.05) is 36.1 Å². The Bertz CT molecular complexity index is 1430. The van der Waals surface area contributed by atoms with Gasteiger partial charge in [-0.1, -0.05) is 0 Å². The Morgan fingerprint density at radius 2 is 1.18 bits per heavy atom. The monoisotopic (exact) mass is 530 g/mol. The largest absolute Gasteiger partial charge is 0.334 e. The summed E-state index contributed by atoms with van der Waals surface area (Å²) in [6, 6.07) is 8.46. The van der Waals surface area contributed by atoms with Crippen molar-refractivity contribution in [1.29, 1.82) is 5.26 Å². The van der Waals surface area contributed by atoms with Crippen LogP contribution in [0.25, 0.3) is 22.8 Å². The molecule has 204 valence electrons. The summed E-state index contributed by atoms with van der Waals surface area (Å²) in [6.07, 6.45) is 19.7. The van der Waals surface area contributed by atoms with Crippen molar-refractivity contribution in [2.45, 2.75) is 87.9 Å². The van der Waals surface area contributed by atoms with Crippen LogP contribution in [0.3, 0.4) is 0 Å². The Labute approximate surface area is 236 Å². The van der Waals surface area contributed by atoms with Gasteiger partial charge in [-0.3, -0.25) is 0 Å². The zero-order chi connectivity index (χ0) is 26.6. The summed E-state index contributed by atoms with van der Waals surface area (Å²) >= 11 is 0. The lowest BCUT2D eigenvalue weighted by Crippen LogP contribution is -2.51. The maximum atomic E-state index is 9.99. The molecule has 3 aromatic rings. The highest BCUT2D eigenvalue weighted by Gasteiger charge is 2.56. The lowest BCUT2D eigenvalue weighted by atomic mass is 9.49. The highest BCUT2D eigenvalue weighted by Crippen LogP contribution is 2.62. The molecule has 6 nitrogen and oxygen atoms in total. The molecule has 0 spiro atoms. The minimum absolute atomic E-state index is 0.110. The fraction of sp³-hybridized carbons (Fsp3) is 0.618. The number of aromatic nitrogens is 5. The third kappa shape index (κ3) is 3.52. The number of nitriles is 1. The first-order valence-corrected chi connectivity index (χ1v) is 15.8. The van der Waals surface area contributed by atoms with E-state index >= 15 is 0 Å². The normalized spacial score (nSPS) is 38.6. The second-order valence-electron chi connectivity index (χ2n) is 15.0. The highest BCUT2D eigenvalue weighted by atomic mass is 15.1. The molecular formula is C34H38N6. The second-order valence-corrected chi connectivity index (χ2v) is 15.0. The van der Waals surface area contributed by atoms with Gasteiger partial charge in [0.05, 0.1) is 11.6 Å². The summed E-state index contributed by atoms with van der Waals surface area (Å²) in [5, 5.41) is 9.99. The Balaban J connectivity index is 1.23. The van der Waals surface area contributed by atoms with Gasteiger partial charge in [-0.05, 0) is 131 Å². The molecule has 8 bridgehead atoms. The average Bonchev–Trinajstić information content (AvgIpc) is 3.37. The lowest BCUT2D eigenvalue weighted by Gasteiger charge is -2.57. The van der Waals surface area contributed by atoms with Crippen molar-refractivity contribution >= 4 is 0 Å². The maximum Gasteiger partial charge on any atom is 0.163 e. The van der Waals surface area contributed by atoms with Crippen LogP contribution in [0.2, 0.25) is 0 Å². The Kier molecular flexibility index (Phi) is 4.87. The number of imidazole rings is 1.